The van der Waals surface area contributed by atoms with Crippen molar-refractivity contribution in [1.29, 1.82) is 0 Å². The van der Waals surface area contributed by atoms with Crippen molar-refractivity contribution in [2.24, 2.45) is 44.6 Å². The van der Waals surface area contributed by atoms with E-state index in [-0.39, 0.29) is 81.6 Å². The van der Waals surface area contributed by atoms with Gasteiger partial charge in [-0.15, -0.1) is 0 Å². The van der Waals surface area contributed by atoms with E-state index in [1.54, 1.807) is 24.3 Å². The first-order valence-corrected chi connectivity index (χ1v) is 24.4. The fourth-order valence-electron chi connectivity index (χ4n) is 7.64. The average molecular weight is 1080 g/mol. The smallest absolute Gasteiger partial charge is 0.326 e. The number of guanidine groups is 2. The number of H-pyrrole nitrogens is 1. The molecule has 8 atom stereocenters. The third-order valence-corrected chi connectivity index (χ3v) is 11.6. The number of carboxylic acids is 2. The second kappa shape index (κ2) is 31.3. The Bertz CT molecular complexity index is 2570. The van der Waals surface area contributed by atoms with Gasteiger partial charge in [0.15, 0.2) is 11.9 Å². The first-order valence-electron chi connectivity index (χ1n) is 24.4. The zero-order valence-electron chi connectivity index (χ0n) is 42.6. The number of aliphatic imine (C=N–C) groups is 2. The summed E-state index contributed by atoms with van der Waals surface area (Å²) in [7, 11) is 0. The van der Waals surface area contributed by atoms with E-state index in [1.165, 1.54) is 30.5 Å². The van der Waals surface area contributed by atoms with Crippen molar-refractivity contribution in [2.45, 2.75) is 114 Å². The lowest BCUT2D eigenvalue weighted by molar-refractivity contribution is -0.142. The molecule has 0 saturated heterocycles. The van der Waals surface area contributed by atoms with Crippen molar-refractivity contribution >= 4 is 76.1 Å². The number of hydrogen-bond donors (Lipinski definition) is 18. The Labute approximate surface area is 442 Å². The van der Waals surface area contributed by atoms with Crippen molar-refractivity contribution in [1.82, 2.24) is 42.2 Å². The average Bonchev–Trinajstić information content (AvgIpc) is 3.77. The number of carbonyl (C=O) groups excluding carboxylic acids is 7. The minimum atomic E-state index is -1.99. The van der Waals surface area contributed by atoms with Crippen LogP contribution in [0.15, 0.2) is 64.7 Å². The van der Waals surface area contributed by atoms with E-state index in [2.05, 4.69) is 52.2 Å². The highest BCUT2D eigenvalue weighted by Crippen LogP contribution is 2.20. The predicted octanol–water partition coefficient (Wildman–Crippen LogP) is -4.92. The van der Waals surface area contributed by atoms with Crippen LogP contribution in [0.25, 0.3) is 10.9 Å². The molecule has 0 aliphatic rings. The van der Waals surface area contributed by atoms with Crippen molar-refractivity contribution < 1.29 is 68.7 Å². The van der Waals surface area contributed by atoms with Crippen molar-refractivity contribution in [3.8, 4) is 5.75 Å². The Morgan fingerprint density at radius 3 is 1.53 bits per heavy atom. The lowest BCUT2D eigenvalue weighted by Gasteiger charge is -2.27. The lowest BCUT2D eigenvalue weighted by atomic mass is 10.0. The van der Waals surface area contributed by atoms with Crippen LogP contribution in [0.3, 0.4) is 0 Å². The highest BCUT2D eigenvalue weighted by Gasteiger charge is 2.35. The molecule has 1 heterocycles. The maximum absolute atomic E-state index is 14.4. The zero-order chi connectivity index (χ0) is 57.4. The SMILES string of the molecule is CC(C)C[C@H](N)C(=O)N[C@@H](CO)C(=O)N[C@@H](CO)C(=O)N[C@@H](Cc1c[nH]c2ccccc12)C(=O)N[C@@H](CC(=O)O)C(=O)N[C@@H](Cc1ccc(O)cc1)C(=O)N[C@@H](CCCN=C(N)N)C(=O)N[C@@H](CCCN=C(N)N)C(=O)O. The topological polar surface area (TPSA) is 510 Å². The van der Waals surface area contributed by atoms with Crippen LogP contribution >= 0.6 is 0 Å². The zero-order valence-corrected chi connectivity index (χ0v) is 42.6. The summed E-state index contributed by atoms with van der Waals surface area (Å²) < 4.78 is 0. The van der Waals surface area contributed by atoms with E-state index in [0.29, 0.717) is 22.0 Å². The molecular weight excluding hydrogens is 1010 g/mol. The summed E-state index contributed by atoms with van der Waals surface area (Å²) in [6.45, 7) is 1.64. The van der Waals surface area contributed by atoms with Crippen LogP contribution in [0.2, 0.25) is 0 Å². The van der Waals surface area contributed by atoms with E-state index in [0.717, 1.165) is 0 Å². The van der Waals surface area contributed by atoms with Gasteiger partial charge in [0.2, 0.25) is 41.4 Å². The van der Waals surface area contributed by atoms with Gasteiger partial charge >= 0.3 is 11.9 Å². The molecule has 29 nitrogen and oxygen atoms in total. The maximum Gasteiger partial charge on any atom is 0.326 e. The van der Waals surface area contributed by atoms with E-state index in [1.807, 2.05) is 13.8 Å². The van der Waals surface area contributed by atoms with Crippen LogP contribution in [-0.2, 0) is 56.0 Å². The van der Waals surface area contributed by atoms with Crippen LogP contribution in [0.4, 0.5) is 0 Å². The molecule has 3 aromatic rings. The first-order chi connectivity index (χ1) is 36.4. The molecule has 3 rings (SSSR count). The molecule has 422 valence electrons. The number of benzene rings is 2. The number of aliphatic hydroxyl groups is 2. The van der Waals surface area contributed by atoms with Gasteiger partial charge in [-0.3, -0.25) is 48.3 Å². The molecule has 0 bridgehead atoms. The second-order valence-electron chi connectivity index (χ2n) is 18.3. The summed E-state index contributed by atoms with van der Waals surface area (Å²) in [5.74, 6) is -11.1. The van der Waals surface area contributed by atoms with Crippen LogP contribution in [0.1, 0.15) is 63.5 Å². The summed E-state index contributed by atoms with van der Waals surface area (Å²) in [5.41, 5.74) is 28.9. The quantitative estimate of drug-likeness (QED) is 0.0154. The molecule has 23 N–H and O–H groups in total. The first kappa shape index (κ1) is 62.7. The third kappa shape index (κ3) is 21.7. The van der Waals surface area contributed by atoms with Gasteiger partial charge in [0.1, 0.15) is 48.0 Å². The number of nitrogens with two attached hydrogens (primary N) is 5. The molecule has 29 heteroatoms. The Hall–Kier alpha value is -8.57. The van der Waals surface area contributed by atoms with Crippen molar-refractivity contribution in [3.63, 3.8) is 0 Å². The second-order valence-corrected chi connectivity index (χ2v) is 18.3. The molecule has 0 unspecified atom stereocenters. The number of aromatic hydroxyl groups is 1. The van der Waals surface area contributed by atoms with Crippen molar-refractivity contribution in [2.75, 3.05) is 26.3 Å². The number of para-hydroxylation sites is 1. The van der Waals surface area contributed by atoms with Crippen LogP contribution in [0, 0.1) is 5.92 Å². The number of aromatic nitrogens is 1. The molecular formula is C48H71N15O14. The normalized spacial score (nSPS) is 14.2. The van der Waals surface area contributed by atoms with Crippen LogP contribution < -0.4 is 65.9 Å². The molecule has 7 amide bonds. The van der Waals surface area contributed by atoms with E-state index in [4.69, 9.17) is 28.7 Å². The summed E-state index contributed by atoms with van der Waals surface area (Å²) in [6.07, 6.45) is -0.143. The molecule has 0 aliphatic heterocycles. The van der Waals surface area contributed by atoms with Crippen molar-refractivity contribution in [3.05, 3.63) is 65.9 Å². The van der Waals surface area contributed by atoms with Gasteiger partial charge < -0.3 is 96.4 Å². The number of amides is 7. The highest BCUT2D eigenvalue weighted by molar-refractivity contribution is 5.99. The lowest BCUT2D eigenvalue weighted by Crippen LogP contribution is -2.61. The summed E-state index contributed by atoms with van der Waals surface area (Å²) in [4.78, 5) is 132. The number of hydrogen-bond acceptors (Lipinski definition) is 15. The summed E-state index contributed by atoms with van der Waals surface area (Å²) >= 11 is 0. The minimum Gasteiger partial charge on any atom is -0.508 e. The monoisotopic (exact) mass is 1080 g/mol. The predicted molar refractivity (Wildman–Crippen MR) is 279 cm³/mol. The van der Waals surface area contributed by atoms with E-state index in [9.17, 15) is 68.7 Å². The van der Waals surface area contributed by atoms with Gasteiger partial charge in [0.25, 0.3) is 0 Å². The Morgan fingerprint density at radius 2 is 1.01 bits per heavy atom. The highest BCUT2D eigenvalue weighted by atomic mass is 16.4. The molecule has 0 radical (unpaired) electrons. The fraction of sp³-hybridized carbons (Fsp3) is 0.479. The largest absolute Gasteiger partial charge is 0.508 e. The van der Waals surface area contributed by atoms with E-state index < -0.39 is 121 Å². The molecule has 0 aliphatic carbocycles. The molecule has 0 fully saturated rings. The number of phenolic OH excluding ortho intramolecular Hbond substituents is 1. The number of carbonyl (C=O) groups is 9. The van der Waals surface area contributed by atoms with Gasteiger partial charge in [0, 0.05) is 43.0 Å². The van der Waals surface area contributed by atoms with Gasteiger partial charge in [-0.1, -0.05) is 44.2 Å². The summed E-state index contributed by atoms with van der Waals surface area (Å²) in [5, 5.41) is 67.3. The number of nitrogens with one attached hydrogen (secondary N) is 8. The minimum absolute atomic E-state index is 0.00597. The number of aliphatic carboxylic acids is 2. The number of aromatic amines is 1. The molecule has 2 aromatic carbocycles. The summed E-state index contributed by atoms with van der Waals surface area (Å²) in [6, 6.07) is -0.573. The number of aliphatic hydroxyl groups excluding tert-OH is 2. The standard InChI is InChI=1S/C48H71N15O14/c1-24(2)17-29(49)39(69)62-36(22-64)45(75)63-37(23-65)44(74)60-34(19-26-21-56-30-8-4-3-7-28(26)30)42(72)61-35(20-38(67)68)43(73)59-33(18-25-11-13-27(66)14-12-25)41(71)57-31(9-5-15-54-47(50)51)40(70)58-32(46(76)77)10-6-16-55-48(52)53/h3-4,7-8,11-14,21,24,29,31-37,56,64-66H,5-6,9-10,15-20,22-23,49H2,1-2H3,(H,57,71)(H,58,70)(H,59,73)(H,60,74)(H,61,72)(H,62,69)(H,63,75)(H,67,68)(H,76,77)(H4,50,51,54)(H4,52,53,55)/t29-,31-,32-,33-,34-,35-,36-,37-/m0/s1. The molecule has 0 spiro atoms. The Balaban J connectivity index is 1.98. The number of phenols is 1. The fourth-order valence-corrected chi connectivity index (χ4v) is 7.64. The van der Waals surface area contributed by atoms with Crippen LogP contribution in [-0.4, -0.2) is 170 Å². The van der Waals surface area contributed by atoms with Gasteiger partial charge in [-0.05, 0) is 67.3 Å². The Kier molecular flexibility index (Phi) is 25.5. The molecule has 1 aromatic heterocycles. The molecule has 77 heavy (non-hydrogen) atoms. The van der Waals surface area contributed by atoms with Gasteiger partial charge in [-0.2, -0.15) is 0 Å². The number of carboxylic acid groups (broad SMARTS) is 2. The van der Waals surface area contributed by atoms with E-state index >= 15 is 0 Å². The van der Waals surface area contributed by atoms with Gasteiger partial charge in [0.05, 0.1) is 25.7 Å². The number of nitrogens with zero attached hydrogens (tertiary/aromatic N) is 2. The number of rotatable bonds is 33. The van der Waals surface area contributed by atoms with Gasteiger partial charge in [-0.25, -0.2) is 4.79 Å². The molecule has 0 saturated carbocycles. The maximum atomic E-state index is 14.4. The Morgan fingerprint density at radius 1 is 0.571 bits per heavy atom. The third-order valence-electron chi connectivity index (χ3n) is 11.6. The van der Waals surface area contributed by atoms with Crippen LogP contribution in [0.5, 0.6) is 5.75 Å². The number of fused-ring (bicyclic) bond motifs is 1.